The van der Waals surface area contributed by atoms with Gasteiger partial charge in [-0.3, -0.25) is 14.9 Å². The lowest BCUT2D eigenvalue weighted by Crippen LogP contribution is -2.73. The van der Waals surface area contributed by atoms with Gasteiger partial charge in [-0.05, 0) is 23.8 Å². The van der Waals surface area contributed by atoms with Crippen molar-refractivity contribution in [2.45, 2.75) is 22.9 Å². The number of carbonyl (C=O) groups is 1. The molecule has 2 aliphatic heterocycles. The Morgan fingerprint density at radius 1 is 1.17 bits per heavy atom. The SMILES string of the molecule is O=C1CN(S(=O)(=O)c2ccccc2[N+](=O)[O-])C[C@@H]2[C@@H](c3ccc(Br)cc3)[C@@H](CO)N12. The van der Waals surface area contributed by atoms with E-state index in [1.54, 1.807) is 0 Å². The summed E-state index contributed by atoms with van der Waals surface area (Å²) in [7, 11) is -4.26. The topological polar surface area (TPSA) is 121 Å². The van der Waals surface area contributed by atoms with E-state index in [4.69, 9.17) is 0 Å². The smallest absolute Gasteiger partial charge is 0.289 e. The third kappa shape index (κ3) is 3.31. The Bertz CT molecular complexity index is 1110. The van der Waals surface area contributed by atoms with Crippen molar-refractivity contribution in [3.8, 4) is 0 Å². The molecule has 0 unspecified atom stereocenters. The van der Waals surface area contributed by atoms with Gasteiger partial charge in [0.05, 0.1) is 30.2 Å². The van der Waals surface area contributed by atoms with Crippen molar-refractivity contribution in [3.05, 3.63) is 68.7 Å². The lowest BCUT2D eigenvalue weighted by molar-refractivity contribution is -0.387. The number of sulfonamides is 1. The van der Waals surface area contributed by atoms with Gasteiger partial charge < -0.3 is 10.0 Å². The van der Waals surface area contributed by atoms with Crippen molar-refractivity contribution in [1.29, 1.82) is 0 Å². The summed E-state index contributed by atoms with van der Waals surface area (Å²) in [6.07, 6.45) is 0. The fraction of sp³-hybridized carbons (Fsp3) is 0.316. The number of hydrogen-bond donors (Lipinski definition) is 1. The molecular weight excluding hydrogens is 478 g/mol. The Morgan fingerprint density at radius 2 is 1.83 bits per heavy atom. The van der Waals surface area contributed by atoms with Crippen LogP contribution in [0.3, 0.4) is 0 Å². The number of nitro groups is 1. The van der Waals surface area contributed by atoms with Crippen LogP contribution in [-0.2, 0) is 14.8 Å². The summed E-state index contributed by atoms with van der Waals surface area (Å²) in [6.45, 7) is -0.661. The molecule has 3 atom stereocenters. The lowest BCUT2D eigenvalue weighted by Gasteiger charge is -2.58. The minimum atomic E-state index is -4.26. The Morgan fingerprint density at radius 3 is 2.47 bits per heavy atom. The molecule has 1 amide bonds. The number of para-hydroxylation sites is 1. The molecule has 0 radical (unpaired) electrons. The first-order chi connectivity index (χ1) is 14.3. The summed E-state index contributed by atoms with van der Waals surface area (Å²) in [6, 6.07) is 11.6. The highest BCUT2D eigenvalue weighted by Crippen LogP contribution is 2.44. The van der Waals surface area contributed by atoms with Crippen molar-refractivity contribution in [2.24, 2.45) is 0 Å². The van der Waals surface area contributed by atoms with E-state index < -0.39 is 50.1 Å². The largest absolute Gasteiger partial charge is 0.394 e. The van der Waals surface area contributed by atoms with E-state index in [1.165, 1.54) is 23.1 Å². The van der Waals surface area contributed by atoms with Gasteiger partial charge in [-0.15, -0.1) is 0 Å². The number of aliphatic hydroxyl groups is 1. The number of halogens is 1. The third-order valence-electron chi connectivity index (χ3n) is 5.66. The highest BCUT2D eigenvalue weighted by Gasteiger charge is 2.55. The van der Waals surface area contributed by atoms with E-state index in [-0.39, 0.29) is 19.1 Å². The van der Waals surface area contributed by atoms with E-state index in [1.807, 2.05) is 24.3 Å². The molecule has 0 aliphatic carbocycles. The lowest BCUT2D eigenvalue weighted by atomic mass is 9.74. The molecule has 2 aliphatic rings. The van der Waals surface area contributed by atoms with Crippen molar-refractivity contribution in [3.63, 3.8) is 0 Å². The van der Waals surface area contributed by atoms with Crippen LogP contribution in [0.15, 0.2) is 57.9 Å². The van der Waals surface area contributed by atoms with Gasteiger partial charge in [-0.1, -0.05) is 40.2 Å². The molecular formula is C19H18BrN3O6S. The number of carbonyl (C=O) groups excluding carboxylic acids is 1. The highest BCUT2D eigenvalue weighted by atomic mass is 79.9. The Labute approximate surface area is 181 Å². The molecule has 2 fully saturated rings. The Balaban J connectivity index is 1.68. The molecule has 2 heterocycles. The van der Waals surface area contributed by atoms with Crippen molar-refractivity contribution in [2.75, 3.05) is 19.7 Å². The standard InChI is InChI=1S/C19H18BrN3O6S/c20-13-7-5-12(6-8-13)19-15-9-21(10-18(25)22(15)16(19)11-24)30(28,29)17-4-2-1-3-14(17)23(26)27/h1-8,15-16,19,24H,9-11H2/t15-,16-,19-/m1/s1. The summed E-state index contributed by atoms with van der Waals surface area (Å²) in [4.78, 5) is 24.4. The van der Waals surface area contributed by atoms with Crippen LogP contribution in [0.5, 0.6) is 0 Å². The van der Waals surface area contributed by atoms with Crippen molar-refractivity contribution < 1.29 is 23.2 Å². The van der Waals surface area contributed by atoms with Gasteiger partial charge in [-0.2, -0.15) is 4.31 Å². The predicted octanol–water partition coefficient (Wildman–Crippen LogP) is 1.72. The molecule has 0 aromatic heterocycles. The van der Waals surface area contributed by atoms with Gasteiger partial charge in [0.15, 0.2) is 4.90 Å². The van der Waals surface area contributed by atoms with Crippen LogP contribution in [0.1, 0.15) is 11.5 Å². The van der Waals surface area contributed by atoms with E-state index >= 15 is 0 Å². The summed E-state index contributed by atoms with van der Waals surface area (Å²) in [5.41, 5.74) is 0.356. The number of piperazine rings is 1. The van der Waals surface area contributed by atoms with E-state index in [9.17, 15) is 28.4 Å². The number of rotatable bonds is 5. The quantitative estimate of drug-likeness (QED) is 0.497. The molecule has 0 saturated carbocycles. The number of nitrogens with zero attached hydrogens (tertiary/aromatic N) is 3. The molecule has 2 saturated heterocycles. The second-order valence-corrected chi connectivity index (χ2v) is 10.0. The van der Waals surface area contributed by atoms with Crippen LogP contribution >= 0.6 is 15.9 Å². The number of nitro benzene ring substituents is 1. The molecule has 11 heteroatoms. The molecule has 0 bridgehead atoms. The van der Waals surface area contributed by atoms with Gasteiger partial charge in [0.25, 0.3) is 5.69 Å². The summed E-state index contributed by atoms with van der Waals surface area (Å²) >= 11 is 3.37. The molecule has 30 heavy (non-hydrogen) atoms. The van der Waals surface area contributed by atoms with E-state index in [0.29, 0.717) is 0 Å². The molecule has 0 spiro atoms. The zero-order valence-corrected chi connectivity index (χ0v) is 18.0. The number of hydrogen-bond acceptors (Lipinski definition) is 6. The zero-order valence-electron chi connectivity index (χ0n) is 15.6. The third-order valence-corrected chi connectivity index (χ3v) is 8.04. The summed E-state index contributed by atoms with van der Waals surface area (Å²) < 4.78 is 28.2. The molecule has 2 aromatic carbocycles. The van der Waals surface area contributed by atoms with Gasteiger partial charge in [0.2, 0.25) is 15.9 Å². The van der Waals surface area contributed by atoms with Crippen LogP contribution in [0.2, 0.25) is 0 Å². The predicted molar refractivity (Wildman–Crippen MR) is 110 cm³/mol. The summed E-state index contributed by atoms with van der Waals surface area (Å²) in [5, 5.41) is 21.1. The number of aliphatic hydroxyl groups excluding tert-OH is 1. The van der Waals surface area contributed by atoms with Crippen LogP contribution in [0.25, 0.3) is 0 Å². The molecule has 158 valence electrons. The first kappa shape index (κ1) is 20.9. The number of benzene rings is 2. The highest BCUT2D eigenvalue weighted by molar-refractivity contribution is 9.10. The first-order valence-corrected chi connectivity index (χ1v) is 11.4. The average molecular weight is 496 g/mol. The maximum absolute atomic E-state index is 13.2. The Kier molecular flexibility index (Phi) is 5.39. The maximum atomic E-state index is 13.2. The second-order valence-electron chi connectivity index (χ2n) is 7.22. The normalized spacial score (nSPS) is 24.3. The minimum absolute atomic E-state index is 0.00263. The second kappa shape index (κ2) is 7.73. The number of amides is 1. The van der Waals surface area contributed by atoms with Gasteiger partial charge >= 0.3 is 0 Å². The monoisotopic (exact) mass is 495 g/mol. The molecule has 1 N–H and O–H groups in total. The number of fused-ring (bicyclic) bond motifs is 1. The van der Waals surface area contributed by atoms with Crippen LogP contribution in [0, 0.1) is 10.1 Å². The minimum Gasteiger partial charge on any atom is -0.394 e. The van der Waals surface area contributed by atoms with E-state index in [2.05, 4.69) is 15.9 Å². The van der Waals surface area contributed by atoms with Gasteiger partial charge in [0.1, 0.15) is 0 Å². The summed E-state index contributed by atoms with van der Waals surface area (Å²) in [5.74, 6) is -0.670. The van der Waals surface area contributed by atoms with E-state index in [0.717, 1.165) is 20.4 Å². The first-order valence-electron chi connectivity index (χ1n) is 9.16. The fourth-order valence-electron chi connectivity index (χ4n) is 4.30. The molecule has 2 aromatic rings. The fourth-order valence-corrected chi connectivity index (χ4v) is 6.13. The van der Waals surface area contributed by atoms with Gasteiger partial charge in [0, 0.05) is 23.0 Å². The molecule has 9 nitrogen and oxygen atoms in total. The average Bonchev–Trinajstić information content (AvgIpc) is 2.70. The van der Waals surface area contributed by atoms with Gasteiger partial charge in [-0.25, -0.2) is 8.42 Å². The van der Waals surface area contributed by atoms with Crippen molar-refractivity contribution in [1.82, 2.24) is 9.21 Å². The van der Waals surface area contributed by atoms with Crippen LogP contribution in [0.4, 0.5) is 5.69 Å². The van der Waals surface area contributed by atoms with Crippen molar-refractivity contribution >= 4 is 37.5 Å². The van der Waals surface area contributed by atoms with Crippen LogP contribution < -0.4 is 0 Å². The zero-order chi connectivity index (χ0) is 21.6. The van der Waals surface area contributed by atoms with Crippen LogP contribution in [-0.4, -0.2) is 65.3 Å². The Hall–Kier alpha value is -2.34. The maximum Gasteiger partial charge on any atom is 0.289 e. The molecule has 4 rings (SSSR count).